The summed E-state index contributed by atoms with van der Waals surface area (Å²) >= 11 is 6.70. The Labute approximate surface area is 226 Å². The van der Waals surface area contributed by atoms with Crippen molar-refractivity contribution in [2.45, 2.75) is 45.3 Å². The topological polar surface area (TPSA) is 127 Å². The van der Waals surface area contributed by atoms with E-state index in [1.165, 1.54) is 6.20 Å². The predicted molar refractivity (Wildman–Crippen MR) is 146 cm³/mol. The largest absolute Gasteiger partial charge is 0.449 e. The SMILES string of the molecule is CCOC(=O)N(c1c(C(=O)c2c[nH][n+](C)c2)oc2c(Cl)cc(/C(C=NC)=C/N)cc12)[C@H]1CCO[C@@H](CC)C1. The number of hydrogen-bond acceptors (Lipinski definition) is 7. The number of furan rings is 1. The van der Waals surface area contributed by atoms with Crippen molar-refractivity contribution in [3.63, 3.8) is 0 Å². The van der Waals surface area contributed by atoms with Crippen LogP contribution in [0.15, 0.2) is 40.1 Å². The molecule has 3 heterocycles. The van der Waals surface area contributed by atoms with Gasteiger partial charge in [-0.1, -0.05) is 18.5 Å². The summed E-state index contributed by atoms with van der Waals surface area (Å²) in [7, 11) is 3.41. The molecule has 1 amide bonds. The minimum atomic E-state index is -0.572. The molecule has 11 heteroatoms. The first-order chi connectivity index (χ1) is 18.3. The zero-order chi connectivity index (χ0) is 27.4. The van der Waals surface area contributed by atoms with Crippen LogP contribution >= 0.6 is 11.6 Å². The Kier molecular flexibility index (Phi) is 8.53. The first kappa shape index (κ1) is 27.4. The number of amides is 1. The number of hydrogen-bond donors (Lipinski definition) is 2. The van der Waals surface area contributed by atoms with Crippen molar-refractivity contribution >= 4 is 51.9 Å². The molecule has 0 bridgehead atoms. The number of aromatic amines is 1. The second kappa shape index (κ2) is 11.8. The highest BCUT2D eigenvalue weighted by molar-refractivity contribution is 6.36. The number of fused-ring (bicyclic) bond motifs is 1. The Morgan fingerprint density at radius 3 is 2.76 bits per heavy atom. The number of nitrogens with zero attached hydrogens (tertiary/aromatic N) is 3. The zero-order valence-corrected chi connectivity index (χ0v) is 22.7. The molecule has 0 aliphatic carbocycles. The Bertz CT molecular complexity index is 1390. The second-order valence-corrected chi connectivity index (χ2v) is 9.48. The fourth-order valence-electron chi connectivity index (χ4n) is 4.76. The Morgan fingerprint density at radius 2 is 2.13 bits per heavy atom. The van der Waals surface area contributed by atoms with E-state index in [1.54, 1.807) is 61.3 Å². The molecule has 0 saturated carbocycles. The van der Waals surface area contributed by atoms with Crippen LogP contribution in [-0.4, -0.2) is 55.6 Å². The van der Waals surface area contributed by atoms with Crippen LogP contribution in [0.2, 0.25) is 5.02 Å². The maximum Gasteiger partial charge on any atom is 0.414 e. The smallest absolute Gasteiger partial charge is 0.414 e. The van der Waals surface area contributed by atoms with Crippen LogP contribution < -0.4 is 15.3 Å². The van der Waals surface area contributed by atoms with Crippen LogP contribution in [0.4, 0.5) is 10.5 Å². The highest BCUT2D eigenvalue weighted by atomic mass is 35.5. The van der Waals surface area contributed by atoms with Gasteiger partial charge in [-0.2, -0.15) is 5.10 Å². The number of aryl methyl sites for hydroxylation is 1. The number of H-pyrrole nitrogens is 1. The molecule has 2 aromatic heterocycles. The zero-order valence-electron chi connectivity index (χ0n) is 22.0. The third kappa shape index (κ3) is 5.32. The summed E-state index contributed by atoms with van der Waals surface area (Å²) in [6, 6.07) is 3.21. The summed E-state index contributed by atoms with van der Waals surface area (Å²) in [6.07, 6.45) is 7.60. The number of carbonyl (C=O) groups is 2. The Morgan fingerprint density at radius 1 is 1.34 bits per heavy atom. The highest BCUT2D eigenvalue weighted by Crippen LogP contribution is 2.42. The van der Waals surface area contributed by atoms with E-state index in [0.29, 0.717) is 47.2 Å². The number of rotatable bonds is 8. The molecule has 3 N–H and O–H groups in total. The fraction of sp³-hybridized carbons (Fsp3) is 0.407. The molecule has 0 radical (unpaired) electrons. The van der Waals surface area contributed by atoms with E-state index in [2.05, 4.69) is 10.1 Å². The van der Waals surface area contributed by atoms with Crippen LogP contribution in [0.5, 0.6) is 0 Å². The number of benzene rings is 1. The van der Waals surface area contributed by atoms with Gasteiger partial charge in [0.25, 0.3) is 0 Å². The van der Waals surface area contributed by atoms with Crippen molar-refractivity contribution in [2.24, 2.45) is 17.8 Å². The monoisotopic (exact) mass is 542 g/mol. The Hall–Kier alpha value is -3.63. The molecule has 0 unspecified atom stereocenters. The van der Waals surface area contributed by atoms with Crippen molar-refractivity contribution in [3.05, 3.63) is 52.6 Å². The van der Waals surface area contributed by atoms with E-state index in [1.807, 2.05) is 6.92 Å². The summed E-state index contributed by atoms with van der Waals surface area (Å²) in [5, 5.41) is 3.71. The van der Waals surface area contributed by atoms with Gasteiger partial charge in [-0.25, -0.2) is 4.79 Å². The molecular weight excluding hydrogens is 510 g/mol. The molecule has 38 heavy (non-hydrogen) atoms. The standard InChI is InChI=1S/C27H32ClN5O5/c1-5-20-11-19(7-8-37-20)33(27(35)36-6-2)23-21-9-16(17(12-29)13-30-3)10-22(28)25(21)38-26(23)24(34)18-14-31-32(4)15-18/h9-10,12-15,19-20H,5-8,11H2,1-4H3,(H2,29,30)/p+1/t19-,20-/m0/s1. The lowest BCUT2D eigenvalue weighted by atomic mass is 9.98. The summed E-state index contributed by atoms with van der Waals surface area (Å²) in [5.41, 5.74) is 8.11. The molecular formula is C27H33ClN5O5+. The van der Waals surface area contributed by atoms with E-state index in [9.17, 15) is 9.59 Å². The van der Waals surface area contributed by atoms with E-state index in [4.69, 9.17) is 31.2 Å². The van der Waals surface area contributed by atoms with Crippen molar-refractivity contribution < 1.29 is 28.2 Å². The van der Waals surface area contributed by atoms with Gasteiger partial charge in [-0.15, -0.1) is 4.68 Å². The van der Waals surface area contributed by atoms with Gasteiger partial charge in [-0.3, -0.25) is 14.7 Å². The van der Waals surface area contributed by atoms with Crippen LogP contribution in [0, 0.1) is 0 Å². The molecule has 4 rings (SSSR count). The first-order valence-electron chi connectivity index (χ1n) is 12.6. The highest BCUT2D eigenvalue weighted by Gasteiger charge is 2.38. The van der Waals surface area contributed by atoms with Gasteiger partial charge >= 0.3 is 6.09 Å². The molecule has 3 aromatic rings. The number of nitrogens with two attached hydrogens (primary N) is 1. The van der Waals surface area contributed by atoms with Crippen molar-refractivity contribution in [2.75, 3.05) is 25.2 Å². The number of ketones is 1. The van der Waals surface area contributed by atoms with Crippen LogP contribution in [-0.2, 0) is 16.5 Å². The van der Waals surface area contributed by atoms with Crippen LogP contribution in [0.25, 0.3) is 16.5 Å². The molecule has 202 valence electrons. The molecule has 10 nitrogen and oxygen atoms in total. The number of carbonyl (C=O) groups excluding carboxylic acids is 2. The second-order valence-electron chi connectivity index (χ2n) is 9.07. The Balaban J connectivity index is 2.01. The molecule has 1 aliphatic rings. The minimum absolute atomic E-state index is 0.00585. The number of halogens is 1. The normalized spacial score (nSPS) is 18.3. The van der Waals surface area contributed by atoms with Gasteiger partial charge in [0.05, 0.1) is 23.9 Å². The molecule has 1 saturated heterocycles. The van der Waals surface area contributed by atoms with Crippen molar-refractivity contribution in [1.29, 1.82) is 0 Å². The molecule has 0 spiro atoms. The third-order valence-electron chi connectivity index (χ3n) is 6.59. The number of aromatic nitrogens is 2. The maximum absolute atomic E-state index is 13.8. The van der Waals surface area contributed by atoms with Crippen molar-refractivity contribution in [3.8, 4) is 0 Å². The van der Waals surface area contributed by atoms with Gasteiger partial charge in [0.2, 0.25) is 12.0 Å². The van der Waals surface area contributed by atoms with E-state index < -0.39 is 11.9 Å². The molecule has 1 aromatic carbocycles. The number of allylic oxidation sites excluding steroid dienone is 1. The van der Waals surface area contributed by atoms with E-state index in [-0.39, 0.29) is 35.1 Å². The summed E-state index contributed by atoms with van der Waals surface area (Å²) in [6.45, 7) is 4.43. The fourth-order valence-corrected chi connectivity index (χ4v) is 5.02. The van der Waals surface area contributed by atoms with Gasteiger partial charge in [0.15, 0.2) is 18.4 Å². The lowest BCUT2D eigenvalue weighted by Gasteiger charge is -2.36. The average Bonchev–Trinajstić information content (AvgIpc) is 3.52. The van der Waals surface area contributed by atoms with Crippen LogP contribution in [0.1, 0.15) is 54.8 Å². The molecule has 1 aliphatic heterocycles. The average molecular weight is 543 g/mol. The van der Waals surface area contributed by atoms with E-state index in [0.717, 1.165) is 6.42 Å². The first-order valence-corrected chi connectivity index (χ1v) is 13.0. The van der Waals surface area contributed by atoms with Crippen molar-refractivity contribution in [1.82, 2.24) is 5.10 Å². The van der Waals surface area contributed by atoms with E-state index >= 15 is 0 Å². The summed E-state index contributed by atoms with van der Waals surface area (Å²) in [5.74, 6) is -0.405. The number of nitrogens with one attached hydrogen (secondary N) is 1. The minimum Gasteiger partial charge on any atom is -0.449 e. The van der Waals surface area contributed by atoms with Gasteiger partial charge in [0, 0.05) is 43.1 Å². The quantitative estimate of drug-likeness (QED) is 0.247. The summed E-state index contributed by atoms with van der Waals surface area (Å²) < 4.78 is 19.2. The van der Waals surface area contributed by atoms with Gasteiger partial charge in [0.1, 0.15) is 11.3 Å². The number of anilines is 1. The third-order valence-corrected chi connectivity index (χ3v) is 6.87. The van der Waals surface area contributed by atoms with Crippen LogP contribution in [0.3, 0.4) is 0 Å². The lowest BCUT2D eigenvalue weighted by molar-refractivity contribution is -0.726. The maximum atomic E-state index is 13.8. The number of aliphatic imine (C=N–C) groups is 1. The predicted octanol–water partition coefficient (Wildman–Crippen LogP) is 4.39. The van der Waals surface area contributed by atoms with Gasteiger partial charge < -0.3 is 19.6 Å². The number of ether oxygens (including phenoxy) is 2. The van der Waals surface area contributed by atoms with Gasteiger partial charge in [-0.05, 0) is 43.9 Å². The molecule has 1 fully saturated rings. The summed E-state index contributed by atoms with van der Waals surface area (Å²) in [4.78, 5) is 33.0. The lowest BCUT2D eigenvalue weighted by Crippen LogP contribution is -2.46. The molecule has 2 atom stereocenters.